The molecule has 1 aromatic rings. The van der Waals surface area contributed by atoms with Crippen LogP contribution in [0.4, 0.5) is 16.2 Å². The number of carbonyl (C=O) groups excluding carboxylic acids is 1. The molecule has 0 atom stereocenters. The molecular weight excluding hydrogens is 286 g/mol. The second-order valence-electron chi connectivity index (χ2n) is 4.95. The van der Waals surface area contributed by atoms with E-state index in [1.807, 2.05) is 0 Å². The number of unbranched alkanes of at least 4 members (excludes halogenated alkanes) is 5. The van der Waals surface area contributed by atoms with Crippen LogP contribution in [0.15, 0.2) is 24.3 Å². The van der Waals surface area contributed by atoms with E-state index >= 15 is 0 Å². The van der Waals surface area contributed by atoms with E-state index in [1.54, 1.807) is 6.07 Å². The second kappa shape index (κ2) is 10.6. The fraction of sp³-hybridized carbons (Fsp3) is 0.533. The fourth-order valence-corrected chi connectivity index (χ4v) is 1.96. The van der Waals surface area contributed by atoms with Gasteiger partial charge in [0.25, 0.3) is 5.69 Å². The maximum Gasteiger partial charge on any atom is 0.343 e. The number of amides is 2. The van der Waals surface area contributed by atoms with Gasteiger partial charge >= 0.3 is 6.03 Å². The van der Waals surface area contributed by atoms with Crippen molar-refractivity contribution >= 4 is 17.4 Å². The van der Waals surface area contributed by atoms with E-state index < -0.39 is 11.0 Å². The number of nitrogens with zero attached hydrogens (tertiary/aromatic N) is 1. The predicted octanol–water partition coefficient (Wildman–Crippen LogP) is 4.01. The molecule has 2 N–H and O–H groups in total. The number of nitro benzene ring substituents is 1. The number of hydroxylamine groups is 1. The van der Waals surface area contributed by atoms with Crippen LogP contribution < -0.4 is 10.8 Å². The molecule has 0 aromatic heterocycles. The van der Waals surface area contributed by atoms with Crippen LogP contribution in [0.3, 0.4) is 0 Å². The number of hydrogen-bond acceptors (Lipinski definition) is 4. The van der Waals surface area contributed by atoms with Gasteiger partial charge < -0.3 is 5.32 Å². The number of carbonyl (C=O) groups is 1. The zero-order chi connectivity index (χ0) is 16.2. The maximum atomic E-state index is 11.6. The van der Waals surface area contributed by atoms with E-state index in [4.69, 9.17) is 4.84 Å². The Morgan fingerprint density at radius 2 is 1.86 bits per heavy atom. The smallest absolute Gasteiger partial charge is 0.300 e. The minimum absolute atomic E-state index is 0.133. The van der Waals surface area contributed by atoms with E-state index in [2.05, 4.69) is 17.7 Å². The van der Waals surface area contributed by atoms with E-state index in [9.17, 15) is 14.9 Å². The minimum atomic E-state index is -0.625. The van der Waals surface area contributed by atoms with Crippen LogP contribution in [0.1, 0.15) is 45.4 Å². The lowest BCUT2D eigenvalue weighted by Crippen LogP contribution is -2.29. The Bertz CT molecular complexity index is 480. The Balaban J connectivity index is 2.20. The molecule has 0 heterocycles. The summed E-state index contributed by atoms with van der Waals surface area (Å²) in [5.41, 5.74) is 2.20. The topological polar surface area (TPSA) is 93.5 Å². The van der Waals surface area contributed by atoms with Crippen LogP contribution in [0, 0.1) is 10.1 Å². The number of para-hydroxylation sites is 2. The molecule has 0 aliphatic rings. The molecule has 0 aliphatic carbocycles. The zero-order valence-electron chi connectivity index (χ0n) is 12.8. The lowest BCUT2D eigenvalue weighted by atomic mass is 10.1. The van der Waals surface area contributed by atoms with Crippen molar-refractivity contribution in [1.82, 2.24) is 5.48 Å². The molecule has 0 unspecified atom stereocenters. The highest BCUT2D eigenvalue weighted by Gasteiger charge is 2.14. The highest BCUT2D eigenvalue weighted by Crippen LogP contribution is 2.22. The summed E-state index contributed by atoms with van der Waals surface area (Å²) >= 11 is 0. The van der Waals surface area contributed by atoms with Crippen molar-refractivity contribution in [3.63, 3.8) is 0 Å². The molecule has 0 saturated carbocycles. The Hall–Kier alpha value is -2.15. The number of hydrogen-bond donors (Lipinski definition) is 2. The number of anilines is 1. The van der Waals surface area contributed by atoms with Crippen molar-refractivity contribution in [3.8, 4) is 0 Å². The first-order valence-corrected chi connectivity index (χ1v) is 7.57. The molecule has 22 heavy (non-hydrogen) atoms. The quantitative estimate of drug-likeness (QED) is 0.388. The highest BCUT2D eigenvalue weighted by atomic mass is 16.7. The van der Waals surface area contributed by atoms with Gasteiger partial charge in [-0.25, -0.2) is 10.3 Å². The largest absolute Gasteiger partial charge is 0.343 e. The highest BCUT2D eigenvalue weighted by molar-refractivity contribution is 5.91. The summed E-state index contributed by atoms with van der Waals surface area (Å²) < 4.78 is 0. The summed E-state index contributed by atoms with van der Waals surface area (Å²) in [7, 11) is 0. The van der Waals surface area contributed by atoms with Gasteiger partial charge in [-0.05, 0) is 12.5 Å². The van der Waals surface area contributed by atoms with Gasteiger partial charge in [-0.1, -0.05) is 51.2 Å². The van der Waals surface area contributed by atoms with Gasteiger partial charge in [0.05, 0.1) is 11.5 Å². The molecule has 0 spiro atoms. The third kappa shape index (κ3) is 7.03. The van der Waals surface area contributed by atoms with Crippen LogP contribution >= 0.6 is 0 Å². The van der Waals surface area contributed by atoms with Gasteiger partial charge in [-0.3, -0.25) is 15.0 Å². The lowest BCUT2D eigenvalue weighted by Gasteiger charge is -2.08. The Morgan fingerprint density at radius 1 is 1.18 bits per heavy atom. The van der Waals surface area contributed by atoms with Gasteiger partial charge in [-0.2, -0.15) is 0 Å². The monoisotopic (exact) mass is 309 g/mol. The summed E-state index contributed by atoms with van der Waals surface area (Å²) in [5.74, 6) is 0. The maximum absolute atomic E-state index is 11.6. The van der Waals surface area contributed by atoms with Gasteiger partial charge in [0, 0.05) is 6.07 Å². The molecule has 0 saturated heterocycles. The standard InChI is InChI=1S/C15H23N3O4/c1-2-3-4-5-6-9-12-22-17-15(19)16-13-10-7-8-11-14(13)18(20)21/h7-8,10-11H,2-6,9,12H2,1H3,(H2,16,17,19). The summed E-state index contributed by atoms with van der Waals surface area (Å²) in [6.07, 6.45) is 6.78. The van der Waals surface area contributed by atoms with Gasteiger partial charge in [-0.15, -0.1) is 0 Å². The number of benzene rings is 1. The lowest BCUT2D eigenvalue weighted by molar-refractivity contribution is -0.383. The zero-order valence-corrected chi connectivity index (χ0v) is 12.8. The van der Waals surface area contributed by atoms with Crippen LogP contribution in [-0.4, -0.2) is 17.6 Å². The van der Waals surface area contributed by atoms with Crippen molar-refractivity contribution in [3.05, 3.63) is 34.4 Å². The Kier molecular flexibility index (Phi) is 8.59. The molecule has 122 valence electrons. The first-order valence-electron chi connectivity index (χ1n) is 7.57. The fourth-order valence-electron chi connectivity index (χ4n) is 1.96. The normalized spacial score (nSPS) is 10.2. The molecule has 7 nitrogen and oxygen atoms in total. The molecular formula is C15H23N3O4. The van der Waals surface area contributed by atoms with Gasteiger partial charge in [0.1, 0.15) is 5.69 Å². The van der Waals surface area contributed by atoms with Crippen LogP contribution in [0.5, 0.6) is 0 Å². The first-order chi connectivity index (χ1) is 10.6. The van der Waals surface area contributed by atoms with E-state index in [0.717, 1.165) is 12.8 Å². The molecule has 7 heteroatoms. The van der Waals surface area contributed by atoms with Crippen molar-refractivity contribution in [2.24, 2.45) is 0 Å². The second-order valence-corrected chi connectivity index (χ2v) is 4.95. The predicted molar refractivity (Wildman–Crippen MR) is 84.6 cm³/mol. The first kappa shape index (κ1) is 17.9. The molecule has 1 rings (SSSR count). The average Bonchev–Trinajstić information content (AvgIpc) is 2.50. The summed E-state index contributed by atoms with van der Waals surface area (Å²) in [6.45, 7) is 2.60. The summed E-state index contributed by atoms with van der Waals surface area (Å²) in [5, 5.41) is 13.2. The van der Waals surface area contributed by atoms with E-state index in [1.165, 1.54) is 43.9 Å². The molecule has 1 aromatic carbocycles. The van der Waals surface area contributed by atoms with Crippen LogP contribution in [-0.2, 0) is 4.84 Å². The molecule has 0 bridgehead atoms. The SMILES string of the molecule is CCCCCCCCONC(=O)Nc1ccccc1[N+](=O)[O-]. The van der Waals surface area contributed by atoms with Gasteiger partial charge in [0.2, 0.25) is 0 Å². The van der Waals surface area contributed by atoms with Crippen LogP contribution in [0.25, 0.3) is 0 Å². The number of urea groups is 1. The molecule has 2 amide bonds. The third-order valence-corrected chi connectivity index (χ3v) is 3.11. The Morgan fingerprint density at radius 3 is 2.59 bits per heavy atom. The summed E-state index contributed by atoms with van der Waals surface area (Å²) in [4.78, 5) is 26.9. The third-order valence-electron chi connectivity index (χ3n) is 3.11. The Labute approximate surface area is 130 Å². The van der Waals surface area contributed by atoms with Crippen molar-refractivity contribution < 1.29 is 14.6 Å². The molecule has 0 fully saturated rings. The number of nitro groups is 1. The van der Waals surface area contributed by atoms with Gasteiger partial charge in [0.15, 0.2) is 0 Å². The van der Waals surface area contributed by atoms with E-state index in [0.29, 0.717) is 6.61 Å². The number of rotatable bonds is 10. The minimum Gasteiger partial charge on any atom is -0.300 e. The van der Waals surface area contributed by atoms with Crippen molar-refractivity contribution in [1.29, 1.82) is 0 Å². The molecule has 0 radical (unpaired) electrons. The molecule has 0 aliphatic heterocycles. The average molecular weight is 309 g/mol. The number of nitrogens with one attached hydrogen (secondary N) is 2. The van der Waals surface area contributed by atoms with Crippen molar-refractivity contribution in [2.75, 3.05) is 11.9 Å². The summed E-state index contributed by atoms with van der Waals surface area (Å²) in [6, 6.07) is 5.31. The van der Waals surface area contributed by atoms with Crippen LogP contribution in [0.2, 0.25) is 0 Å². The van der Waals surface area contributed by atoms with E-state index in [-0.39, 0.29) is 11.4 Å². The van der Waals surface area contributed by atoms with Crippen molar-refractivity contribution in [2.45, 2.75) is 45.4 Å².